The normalized spacial score (nSPS) is 21.1. The van der Waals surface area contributed by atoms with E-state index in [4.69, 9.17) is 4.74 Å². The number of aryl methyl sites for hydroxylation is 2. The van der Waals surface area contributed by atoms with Crippen LogP contribution in [0.1, 0.15) is 17.9 Å². The summed E-state index contributed by atoms with van der Waals surface area (Å²) in [6.45, 7) is 5.51. The van der Waals surface area contributed by atoms with Gasteiger partial charge in [-0.1, -0.05) is 0 Å². The molecule has 0 aliphatic carbocycles. The van der Waals surface area contributed by atoms with Crippen LogP contribution in [0.5, 0.6) is 0 Å². The number of aromatic nitrogens is 2. The average Bonchev–Trinajstić information content (AvgIpc) is 2.54. The Morgan fingerprint density at radius 3 is 2.93 bits per heavy atom. The zero-order valence-corrected chi connectivity index (χ0v) is 8.58. The van der Waals surface area contributed by atoms with Crippen LogP contribution in [0, 0.1) is 13.8 Å². The van der Waals surface area contributed by atoms with Crippen molar-refractivity contribution in [2.24, 2.45) is 0 Å². The van der Waals surface area contributed by atoms with Gasteiger partial charge in [0.1, 0.15) is 11.6 Å². The zero-order valence-electron chi connectivity index (χ0n) is 8.58. The van der Waals surface area contributed by atoms with Crippen molar-refractivity contribution in [3.05, 3.63) is 17.6 Å². The van der Waals surface area contributed by atoms with E-state index in [1.165, 1.54) is 0 Å². The fraction of sp³-hybridized carbons (Fsp3) is 0.600. The molecule has 1 aliphatic rings. The molecule has 1 aromatic heterocycles. The van der Waals surface area contributed by atoms with Gasteiger partial charge in [0.25, 0.3) is 0 Å². The topological polar surface area (TPSA) is 47.0 Å². The lowest BCUT2D eigenvalue weighted by Crippen LogP contribution is -2.20. The maximum absolute atomic E-state index is 5.28. The first-order valence-corrected chi connectivity index (χ1v) is 4.90. The fourth-order valence-electron chi connectivity index (χ4n) is 1.65. The highest BCUT2D eigenvalue weighted by atomic mass is 16.5. The lowest BCUT2D eigenvalue weighted by atomic mass is 10.2. The first-order chi connectivity index (χ1) is 6.74. The van der Waals surface area contributed by atoms with E-state index in [9.17, 15) is 0 Å². The molecule has 1 fully saturated rings. The van der Waals surface area contributed by atoms with Crippen molar-refractivity contribution < 1.29 is 4.74 Å². The van der Waals surface area contributed by atoms with E-state index in [1.54, 1.807) is 0 Å². The second-order valence-electron chi connectivity index (χ2n) is 3.65. The first kappa shape index (κ1) is 9.40. The van der Waals surface area contributed by atoms with Crippen molar-refractivity contribution in [2.75, 3.05) is 18.5 Å². The molecule has 14 heavy (non-hydrogen) atoms. The molecular formula is C10H15N3O. The van der Waals surface area contributed by atoms with Crippen LogP contribution in [0.15, 0.2) is 6.07 Å². The molecule has 0 aromatic carbocycles. The molecule has 76 valence electrons. The van der Waals surface area contributed by atoms with Crippen LogP contribution in [0.25, 0.3) is 0 Å². The van der Waals surface area contributed by atoms with Gasteiger partial charge in [0, 0.05) is 18.4 Å². The Kier molecular flexibility index (Phi) is 2.63. The number of nitrogens with zero attached hydrogens (tertiary/aromatic N) is 2. The third-order valence-electron chi connectivity index (χ3n) is 2.25. The van der Waals surface area contributed by atoms with E-state index in [0.29, 0.717) is 6.04 Å². The highest BCUT2D eigenvalue weighted by Crippen LogP contribution is 2.12. The van der Waals surface area contributed by atoms with Gasteiger partial charge in [-0.3, -0.25) is 0 Å². The molecule has 2 rings (SSSR count). The molecule has 4 heteroatoms. The number of rotatable bonds is 2. The summed E-state index contributed by atoms with van der Waals surface area (Å²) in [5, 5.41) is 3.35. The third-order valence-corrected chi connectivity index (χ3v) is 2.25. The number of hydrogen-bond donors (Lipinski definition) is 1. The Bertz CT molecular complexity index is 301. The number of nitrogens with one attached hydrogen (secondary N) is 1. The first-order valence-electron chi connectivity index (χ1n) is 4.90. The minimum absolute atomic E-state index is 0.406. The Morgan fingerprint density at radius 2 is 2.29 bits per heavy atom. The predicted octanol–water partition coefficient (Wildman–Crippen LogP) is 1.29. The second kappa shape index (κ2) is 3.92. The van der Waals surface area contributed by atoms with Crippen molar-refractivity contribution in [1.29, 1.82) is 0 Å². The summed E-state index contributed by atoms with van der Waals surface area (Å²) in [6, 6.07) is 2.37. The van der Waals surface area contributed by atoms with Crippen molar-refractivity contribution in [3.63, 3.8) is 0 Å². The smallest absolute Gasteiger partial charge is 0.130 e. The van der Waals surface area contributed by atoms with Crippen molar-refractivity contribution in [3.8, 4) is 0 Å². The largest absolute Gasteiger partial charge is 0.379 e. The quantitative estimate of drug-likeness (QED) is 0.769. The van der Waals surface area contributed by atoms with Gasteiger partial charge in [0.15, 0.2) is 0 Å². The maximum Gasteiger partial charge on any atom is 0.130 e. The van der Waals surface area contributed by atoms with Gasteiger partial charge in [-0.05, 0) is 20.3 Å². The lowest BCUT2D eigenvalue weighted by Gasteiger charge is -2.11. The van der Waals surface area contributed by atoms with Crippen LogP contribution >= 0.6 is 0 Å². The summed E-state index contributed by atoms with van der Waals surface area (Å²) >= 11 is 0. The van der Waals surface area contributed by atoms with Crippen LogP contribution in [-0.4, -0.2) is 29.2 Å². The Balaban J connectivity index is 2.07. The monoisotopic (exact) mass is 193 g/mol. The summed E-state index contributed by atoms with van der Waals surface area (Å²) in [5.41, 5.74) is 0.999. The van der Waals surface area contributed by atoms with Crippen LogP contribution < -0.4 is 5.32 Å². The lowest BCUT2D eigenvalue weighted by molar-refractivity contribution is 0.195. The van der Waals surface area contributed by atoms with Crippen LogP contribution in [0.3, 0.4) is 0 Å². The molecule has 0 spiro atoms. The SMILES string of the molecule is Cc1cc(NC2CCOC2)nc(C)n1. The molecule has 1 saturated heterocycles. The molecule has 0 saturated carbocycles. The third kappa shape index (κ3) is 2.20. The molecule has 1 unspecified atom stereocenters. The average molecular weight is 193 g/mol. The Labute approximate surface area is 83.7 Å². The van der Waals surface area contributed by atoms with Gasteiger partial charge in [-0.15, -0.1) is 0 Å². The summed E-state index contributed by atoms with van der Waals surface area (Å²) in [6.07, 6.45) is 1.06. The minimum Gasteiger partial charge on any atom is -0.379 e. The summed E-state index contributed by atoms with van der Waals surface area (Å²) in [5.74, 6) is 1.72. The molecule has 1 N–H and O–H groups in total. The van der Waals surface area contributed by atoms with Crippen LogP contribution in [0.4, 0.5) is 5.82 Å². The molecule has 1 aliphatic heterocycles. The number of ether oxygens (including phenoxy) is 1. The van der Waals surface area contributed by atoms with E-state index >= 15 is 0 Å². The van der Waals surface area contributed by atoms with Gasteiger partial charge in [-0.2, -0.15) is 0 Å². The van der Waals surface area contributed by atoms with Crippen LogP contribution in [-0.2, 0) is 4.74 Å². The van der Waals surface area contributed by atoms with Gasteiger partial charge < -0.3 is 10.1 Å². The van der Waals surface area contributed by atoms with Gasteiger partial charge in [0.05, 0.1) is 12.6 Å². The standard InChI is InChI=1S/C10H15N3O/c1-7-5-10(12-8(2)11-7)13-9-3-4-14-6-9/h5,9H,3-4,6H2,1-2H3,(H,11,12,13). The highest BCUT2D eigenvalue weighted by Gasteiger charge is 2.15. The van der Waals surface area contributed by atoms with E-state index < -0.39 is 0 Å². The van der Waals surface area contributed by atoms with Crippen molar-refractivity contribution >= 4 is 5.82 Å². The zero-order chi connectivity index (χ0) is 9.97. The van der Waals surface area contributed by atoms with E-state index in [2.05, 4.69) is 15.3 Å². The van der Waals surface area contributed by atoms with E-state index in [0.717, 1.165) is 37.0 Å². The number of hydrogen-bond acceptors (Lipinski definition) is 4. The van der Waals surface area contributed by atoms with E-state index in [1.807, 2.05) is 19.9 Å². The van der Waals surface area contributed by atoms with Crippen LogP contribution in [0.2, 0.25) is 0 Å². The molecular weight excluding hydrogens is 178 g/mol. The minimum atomic E-state index is 0.406. The molecule has 0 radical (unpaired) electrons. The molecule has 1 atom stereocenters. The van der Waals surface area contributed by atoms with Crippen molar-refractivity contribution in [2.45, 2.75) is 26.3 Å². The van der Waals surface area contributed by atoms with E-state index in [-0.39, 0.29) is 0 Å². The molecule has 2 heterocycles. The summed E-state index contributed by atoms with van der Waals surface area (Å²) in [4.78, 5) is 8.55. The van der Waals surface area contributed by atoms with Gasteiger partial charge in [-0.25, -0.2) is 9.97 Å². The number of anilines is 1. The predicted molar refractivity (Wildman–Crippen MR) is 54.4 cm³/mol. The second-order valence-corrected chi connectivity index (χ2v) is 3.65. The van der Waals surface area contributed by atoms with Gasteiger partial charge >= 0.3 is 0 Å². The Hall–Kier alpha value is -1.16. The fourth-order valence-corrected chi connectivity index (χ4v) is 1.65. The molecule has 0 amide bonds. The summed E-state index contributed by atoms with van der Waals surface area (Å²) in [7, 11) is 0. The molecule has 4 nitrogen and oxygen atoms in total. The van der Waals surface area contributed by atoms with Crippen molar-refractivity contribution in [1.82, 2.24) is 9.97 Å². The molecule has 1 aromatic rings. The summed E-state index contributed by atoms with van der Waals surface area (Å²) < 4.78 is 5.28. The Morgan fingerprint density at radius 1 is 1.43 bits per heavy atom. The highest BCUT2D eigenvalue weighted by molar-refractivity contribution is 5.37. The van der Waals surface area contributed by atoms with Gasteiger partial charge in [0.2, 0.25) is 0 Å². The maximum atomic E-state index is 5.28. The molecule has 0 bridgehead atoms.